The van der Waals surface area contributed by atoms with Crippen LogP contribution in [-0.4, -0.2) is 20.0 Å². The number of halogens is 2. The molecule has 122 valence electrons. The number of hydrogen-bond donors (Lipinski definition) is 1. The van der Waals surface area contributed by atoms with Crippen LogP contribution in [0.2, 0.25) is 5.02 Å². The van der Waals surface area contributed by atoms with E-state index in [2.05, 4.69) is 21.2 Å². The molecule has 0 radical (unpaired) electrons. The van der Waals surface area contributed by atoms with Gasteiger partial charge < -0.3 is 10.2 Å². The first-order valence-corrected chi connectivity index (χ1v) is 8.23. The van der Waals surface area contributed by atoms with Crippen molar-refractivity contribution in [1.82, 2.24) is 0 Å². The summed E-state index contributed by atoms with van der Waals surface area (Å²) < 4.78 is 0.886. The molecular formula is C18H15BrClN3O. The fraction of sp³-hybridized carbons (Fsp3) is 0.111. The smallest absolute Gasteiger partial charge is 0.266 e. The van der Waals surface area contributed by atoms with Crippen LogP contribution in [-0.2, 0) is 4.79 Å². The normalized spacial score (nSPS) is 10.9. The highest BCUT2D eigenvalue weighted by atomic mass is 79.9. The van der Waals surface area contributed by atoms with Gasteiger partial charge in [-0.15, -0.1) is 0 Å². The van der Waals surface area contributed by atoms with Crippen LogP contribution >= 0.6 is 27.5 Å². The molecule has 2 aromatic carbocycles. The molecule has 0 saturated heterocycles. The summed E-state index contributed by atoms with van der Waals surface area (Å²) in [5.41, 5.74) is 2.37. The number of amides is 1. The molecule has 0 aliphatic heterocycles. The zero-order valence-electron chi connectivity index (χ0n) is 13.2. The lowest BCUT2D eigenvalue weighted by molar-refractivity contribution is -0.112. The Morgan fingerprint density at radius 2 is 1.92 bits per heavy atom. The van der Waals surface area contributed by atoms with Crippen molar-refractivity contribution in [1.29, 1.82) is 5.26 Å². The molecule has 4 nitrogen and oxygen atoms in total. The number of nitrogens with one attached hydrogen (secondary N) is 1. The van der Waals surface area contributed by atoms with Gasteiger partial charge >= 0.3 is 0 Å². The van der Waals surface area contributed by atoms with Crippen molar-refractivity contribution in [3.63, 3.8) is 0 Å². The monoisotopic (exact) mass is 403 g/mol. The van der Waals surface area contributed by atoms with E-state index >= 15 is 0 Å². The Bertz CT molecular complexity index is 823. The number of hydrogen-bond acceptors (Lipinski definition) is 3. The highest BCUT2D eigenvalue weighted by Crippen LogP contribution is 2.26. The largest absolute Gasteiger partial charge is 0.377 e. The third-order valence-electron chi connectivity index (χ3n) is 3.23. The molecule has 0 spiro atoms. The van der Waals surface area contributed by atoms with Crippen LogP contribution in [0.5, 0.6) is 0 Å². The number of nitriles is 1. The van der Waals surface area contributed by atoms with Gasteiger partial charge in [-0.05, 0) is 64.0 Å². The fourth-order valence-corrected chi connectivity index (χ4v) is 2.90. The maximum absolute atomic E-state index is 12.2. The molecule has 0 aliphatic rings. The van der Waals surface area contributed by atoms with Crippen LogP contribution < -0.4 is 10.2 Å². The average molecular weight is 405 g/mol. The van der Waals surface area contributed by atoms with Crippen LogP contribution in [0, 0.1) is 11.3 Å². The molecule has 0 unspecified atom stereocenters. The van der Waals surface area contributed by atoms with E-state index in [1.807, 2.05) is 43.3 Å². The van der Waals surface area contributed by atoms with Gasteiger partial charge in [0.25, 0.3) is 5.91 Å². The second-order valence-electron chi connectivity index (χ2n) is 5.24. The van der Waals surface area contributed by atoms with Gasteiger partial charge in [-0.3, -0.25) is 4.79 Å². The first kappa shape index (κ1) is 18.1. The summed E-state index contributed by atoms with van der Waals surface area (Å²) in [7, 11) is 3.88. The minimum absolute atomic E-state index is 0.0226. The number of carbonyl (C=O) groups is 1. The van der Waals surface area contributed by atoms with Gasteiger partial charge in [0.1, 0.15) is 11.6 Å². The number of nitrogens with zero attached hydrogens (tertiary/aromatic N) is 2. The third-order valence-corrected chi connectivity index (χ3v) is 4.12. The van der Waals surface area contributed by atoms with E-state index in [1.165, 1.54) is 0 Å². The fourth-order valence-electron chi connectivity index (χ4n) is 2.02. The van der Waals surface area contributed by atoms with Gasteiger partial charge in [0.2, 0.25) is 0 Å². The van der Waals surface area contributed by atoms with Crippen LogP contribution in [0.4, 0.5) is 11.4 Å². The minimum Gasteiger partial charge on any atom is -0.377 e. The molecule has 0 heterocycles. The molecule has 1 amide bonds. The Hall–Kier alpha value is -2.29. The van der Waals surface area contributed by atoms with E-state index in [9.17, 15) is 10.1 Å². The lowest BCUT2D eigenvalue weighted by atomic mass is 10.1. The van der Waals surface area contributed by atoms with Crippen LogP contribution in [0.25, 0.3) is 6.08 Å². The molecule has 0 bridgehead atoms. The molecule has 2 aromatic rings. The third kappa shape index (κ3) is 4.60. The van der Waals surface area contributed by atoms with Gasteiger partial charge in [0.05, 0.1) is 5.69 Å². The van der Waals surface area contributed by atoms with E-state index in [0.717, 1.165) is 15.7 Å². The number of rotatable bonds is 4. The van der Waals surface area contributed by atoms with Crippen molar-refractivity contribution in [2.45, 2.75) is 0 Å². The summed E-state index contributed by atoms with van der Waals surface area (Å²) in [6.07, 6.45) is 1.55. The molecule has 0 saturated carbocycles. The highest BCUT2D eigenvalue weighted by Gasteiger charge is 2.10. The van der Waals surface area contributed by atoms with E-state index in [1.54, 1.807) is 30.3 Å². The predicted octanol–water partition coefficient (Wildman–Crippen LogP) is 4.71. The van der Waals surface area contributed by atoms with E-state index < -0.39 is 5.91 Å². The van der Waals surface area contributed by atoms with Gasteiger partial charge in [0, 0.05) is 29.3 Å². The first-order chi connectivity index (χ1) is 11.4. The van der Waals surface area contributed by atoms with Crippen molar-refractivity contribution in [3.05, 3.63) is 63.1 Å². The van der Waals surface area contributed by atoms with Gasteiger partial charge in [0.15, 0.2) is 0 Å². The van der Waals surface area contributed by atoms with E-state index in [4.69, 9.17) is 11.6 Å². The van der Waals surface area contributed by atoms with Crippen molar-refractivity contribution in [3.8, 4) is 6.07 Å². The van der Waals surface area contributed by atoms with Crippen molar-refractivity contribution in [2.75, 3.05) is 24.3 Å². The summed E-state index contributed by atoms with van der Waals surface area (Å²) in [6.45, 7) is 0. The van der Waals surface area contributed by atoms with E-state index in [-0.39, 0.29) is 5.57 Å². The van der Waals surface area contributed by atoms with E-state index in [0.29, 0.717) is 10.7 Å². The molecule has 1 N–H and O–H groups in total. The number of carbonyl (C=O) groups excluding carboxylic acids is 1. The molecule has 0 fully saturated rings. The van der Waals surface area contributed by atoms with Crippen molar-refractivity contribution < 1.29 is 4.79 Å². The quantitative estimate of drug-likeness (QED) is 0.593. The molecule has 24 heavy (non-hydrogen) atoms. The minimum atomic E-state index is -0.465. The average Bonchev–Trinajstić information content (AvgIpc) is 2.54. The van der Waals surface area contributed by atoms with Crippen LogP contribution in [0.3, 0.4) is 0 Å². The zero-order chi connectivity index (χ0) is 17.7. The summed E-state index contributed by atoms with van der Waals surface area (Å²) in [5, 5.41) is 12.5. The molecule has 2 rings (SSSR count). The standard InChI is InChI=1S/C18H15BrClN3O/c1-23(2)17-8-3-12(10-16(17)19)9-13(11-21)18(24)22-15-6-4-14(20)5-7-15/h3-10H,1-2H3,(H,22,24)/b13-9+. The second kappa shape index (κ2) is 8.00. The topological polar surface area (TPSA) is 56.1 Å². The summed E-state index contributed by atoms with van der Waals surface area (Å²) >= 11 is 9.30. The summed E-state index contributed by atoms with van der Waals surface area (Å²) in [4.78, 5) is 14.2. The predicted molar refractivity (Wildman–Crippen MR) is 102 cm³/mol. The Morgan fingerprint density at radius 1 is 1.25 bits per heavy atom. The Morgan fingerprint density at radius 3 is 2.46 bits per heavy atom. The lowest BCUT2D eigenvalue weighted by Crippen LogP contribution is -2.13. The van der Waals surface area contributed by atoms with Crippen molar-refractivity contribution in [2.24, 2.45) is 0 Å². The Kier molecular flexibility index (Phi) is 6.02. The van der Waals surface area contributed by atoms with Crippen LogP contribution in [0.1, 0.15) is 5.56 Å². The van der Waals surface area contributed by atoms with Crippen LogP contribution in [0.15, 0.2) is 52.5 Å². The Labute approximate surface area is 154 Å². The summed E-state index contributed by atoms with van der Waals surface area (Å²) in [5.74, 6) is -0.465. The second-order valence-corrected chi connectivity index (χ2v) is 6.53. The lowest BCUT2D eigenvalue weighted by Gasteiger charge is -2.14. The molecule has 6 heteroatoms. The molecule has 0 aliphatic carbocycles. The zero-order valence-corrected chi connectivity index (χ0v) is 15.5. The Balaban J connectivity index is 2.22. The summed E-state index contributed by atoms with van der Waals surface area (Å²) in [6, 6.07) is 14.3. The SMILES string of the molecule is CN(C)c1ccc(/C=C(\C#N)C(=O)Nc2ccc(Cl)cc2)cc1Br. The maximum Gasteiger partial charge on any atom is 0.266 e. The molecule has 0 atom stereocenters. The highest BCUT2D eigenvalue weighted by molar-refractivity contribution is 9.10. The maximum atomic E-state index is 12.2. The number of anilines is 2. The number of benzene rings is 2. The van der Waals surface area contributed by atoms with Gasteiger partial charge in [-0.1, -0.05) is 17.7 Å². The van der Waals surface area contributed by atoms with Gasteiger partial charge in [-0.2, -0.15) is 5.26 Å². The molecular weight excluding hydrogens is 390 g/mol. The first-order valence-electron chi connectivity index (χ1n) is 7.06. The van der Waals surface area contributed by atoms with Crippen molar-refractivity contribution >= 4 is 50.9 Å². The molecule has 0 aromatic heterocycles. The van der Waals surface area contributed by atoms with Gasteiger partial charge in [-0.25, -0.2) is 0 Å².